The molecule has 1 aromatic heterocycles. The lowest BCUT2D eigenvalue weighted by molar-refractivity contribution is 0.112. The lowest BCUT2D eigenvalue weighted by Crippen LogP contribution is -1.87. The predicted octanol–water partition coefficient (Wildman–Crippen LogP) is 4.35. The van der Waals surface area contributed by atoms with Crippen molar-refractivity contribution in [3.8, 4) is 0 Å². The van der Waals surface area contributed by atoms with Gasteiger partial charge < -0.3 is 0 Å². The van der Waals surface area contributed by atoms with Gasteiger partial charge in [-0.1, -0.05) is 41.0 Å². The van der Waals surface area contributed by atoms with Crippen LogP contribution < -0.4 is 0 Å². The van der Waals surface area contributed by atoms with Crippen molar-refractivity contribution >= 4 is 41.2 Å². The van der Waals surface area contributed by atoms with E-state index in [1.54, 1.807) is 30.5 Å². The van der Waals surface area contributed by atoms with Crippen LogP contribution in [0.1, 0.15) is 10.4 Å². The second kappa shape index (κ2) is 5.54. The van der Waals surface area contributed by atoms with Crippen LogP contribution in [-0.4, -0.2) is 11.3 Å². The van der Waals surface area contributed by atoms with Crippen molar-refractivity contribution in [2.45, 2.75) is 9.92 Å². The second-order valence-corrected chi connectivity index (χ2v) is 5.09. The van der Waals surface area contributed by atoms with E-state index in [2.05, 4.69) is 4.98 Å². The number of hydrogen-bond acceptors (Lipinski definition) is 3. The van der Waals surface area contributed by atoms with Crippen LogP contribution in [-0.2, 0) is 0 Å². The van der Waals surface area contributed by atoms with E-state index < -0.39 is 0 Å². The Kier molecular flexibility index (Phi) is 4.05. The van der Waals surface area contributed by atoms with Gasteiger partial charge in [0.15, 0.2) is 6.29 Å². The molecule has 2 rings (SSSR count). The highest BCUT2D eigenvalue weighted by atomic mass is 35.5. The van der Waals surface area contributed by atoms with Gasteiger partial charge >= 0.3 is 0 Å². The zero-order valence-electron chi connectivity index (χ0n) is 8.56. The lowest BCUT2D eigenvalue weighted by Gasteiger charge is -2.05. The molecule has 2 nitrogen and oxygen atoms in total. The van der Waals surface area contributed by atoms with Crippen LogP contribution in [0.2, 0.25) is 10.0 Å². The first-order valence-corrected chi connectivity index (χ1v) is 6.31. The minimum Gasteiger partial charge on any atom is -0.298 e. The lowest BCUT2D eigenvalue weighted by atomic mass is 10.2. The SMILES string of the molecule is O=Cc1c(Cl)cccc1Sc1ccc(Cl)cn1. The van der Waals surface area contributed by atoms with Crippen molar-refractivity contribution in [3.63, 3.8) is 0 Å². The van der Waals surface area contributed by atoms with Crippen LogP contribution in [0.5, 0.6) is 0 Å². The Labute approximate surface area is 113 Å². The number of benzene rings is 1. The van der Waals surface area contributed by atoms with Gasteiger partial charge in [-0.3, -0.25) is 4.79 Å². The van der Waals surface area contributed by atoms with Gasteiger partial charge in [-0.25, -0.2) is 4.98 Å². The number of carbonyl (C=O) groups is 1. The van der Waals surface area contributed by atoms with Gasteiger partial charge in [0.2, 0.25) is 0 Å². The Morgan fingerprint density at radius 2 is 2.00 bits per heavy atom. The molecule has 17 heavy (non-hydrogen) atoms. The second-order valence-electron chi connectivity index (χ2n) is 3.19. The Balaban J connectivity index is 2.33. The van der Waals surface area contributed by atoms with Crippen molar-refractivity contribution in [1.82, 2.24) is 4.98 Å². The standard InChI is InChI=1S/C12H7Cl2NOS/c13-8-4-5-12(15-6-8)17-11-3-1-2-10(14)9(11)7-16/h1-7H. The minimum atomic E-state index is 0.443. The zero-order chi connectivity index (χ0) is 12.3. The molecule has 1 heterocycles. The Bertz CT molecular complexity index is 543. The predicted molar refractivity (Wildman–Crippen MR) is 70.2 cm³/mol. The van der Waals surface area contributed by atoms with E-state index >= 15 is 0 Å². The van der Waals surface area contributed by atoms with Gasteiger partial charge in [0.25, 0.3) is 0 Å². The summed E-state index contributed by atoms with van der Waals surface area (Å²) in [4.78, 5) is 15.9. The van der Waals surface area contributed by atoms with Gasteiger partial charge in [0.05, 0.1) is 10.0 Å². The van der Waals surface area contributed by atoms with Crippen molar-refractivity contribution < 1.29 is 4.79 Å². The molecule has 0 radical (unpaired) electrons. The molecule has 0 saturated heterocycles. The summed E-state index contributed by atoms with van der Waals surface area (Å²) in [6.07, 6.45) is 2.32. The molecule has 0 bridgehead atoms. The molecule has 0 aliphatic rings. The average Bonchev–Trinajstić information content (AvgIpc) is 2.32. The zero-order valence-corrected chi connectivity index (χ0v) is 10.9. The molecule has 2 aromatic rings. The van der Waals surface area contributed by atoms with Crippen LogP contribution in [0.25, 0.3) is 0 Å². The molecule has 86 valence electrons. The fraction of sp³-hybridized carbons (Fsp3) is 0. The molecule has 0 aliphatic carbocycles. The summed E-state index contributed by atoms with van der Waals surface area (Å²) in [5.74, 6) is 0. The summed E-state index contributed by atoms with van der Waals surface area (Å²) in [6.45, 7) is 0. The topological polar surface area (TPSA) is 30.0 Å². The summed E-state index contributed by atoms with van der Waals surface area (Å²) in [5.41, 5.74) is 0.482. The van der Waals surface area contributed by atoms with Crippen molar-refractivity contribution in [1.29, 1.82) is 0 Å². The first-order valence-electron chi connectivity index (χ1n) is 4.74. The Morgan fingerprint density at radius 3 is 2.65 bits per heavy atom. The number of aromatic nitrogens is 1. The van der Waals surface area contributed by atoms with E-state index in [0.717, 1.165) is 16.2 Å². The highest BCUT2D eigenvalue weighted by molar-refractivity contribution is 7.99. The number of rotatable bonds is 3. The quantitative estimate of drug-likeness (QED) is 0.785. The summed E-state index contributed by atoms with van der Waals surface area (Å²) < 4.78 is 0. The van der Waals surface area contributed by atoms with Crippen LogP contribution >= 0.6 is 35.0 Å². The first-order chi connectivity index (χ1) is 8.20. The molecule has 0 unspecified atom stereocenters. The maximum absolute atomic E-state index is 11.0. The Morgan fingerprint density at radius 1 is 1.18 bits per heavy atom. The van der Waals surface area contributed by atoms with Gasteiger partial charge in [0.1, 0.15) is 5.03 Å². The van der Waals surface area contributed by atoms with Gasteiger partial charge in [-0.15, -0.1) is 0 Å². The Hall–Kier alpha value is -1.03. The molecule has 0 aliphatic heterocycles. The maximum Gasteiger partial charge on any atom is 0.152 e. The van der Waals surface area contributed by atoms with E-state index in [0.29, 0.717) is 15.6 Å². The van der Waals surface area contributed by atoms with Crippen LogP contribution in [0.15, 0.2) is 46.5 Å². The highest BCUT2D eigenvalue weighted by Crippen LogP contribution is 2.31. The molecule has 0 saturated carbocycles. The molecule has 0 fully saturated rings. The van der Waals surface area contributed by atoms with E-state index in [4.69, 9.17) is 23.2 Å². The molecule has 0 spiro atoms. The van der Waals surface area contributed by atoms with Crippen molar-refractivity contribution in [3.05, 3.63) is 52.1 Å². The van der Waals surface area contributed by atoms with Crippen LogP contribution in [0.3, 0.4) is 0 Å². The number of nitrogens with zero attached hydrogens (tertiary/aromatic N) is 1. The molecule has 1 aromatic carbocycles. The van der Waals surface area contributed by atoms with Gasteiger partial charge in [-0.2, -0.15) is 0 Å². The fourth-order valence-electron chi connectivity index (χ4n) is 1.26. The fourth-order valence-corrected chi connectivity index (χ4v) is 2.52. The summed E-state index contributed by atoms with van der Waals surface area (Å²) in [6, 6.07) is 8.86. The van der Waals surface area contributed by atoms with E-state index in [-0.39, 0.29) is 0 Å². The third kappa shape index (κ3) is 3.00. The molecule has 0 amide bonds. The summed E-state index contributed by atoms with van der Waals surface area (Å²) >= 11 is 13.1. The minimum absolute atomic E-state index is 0.443. The molecule has 0 N–H and O–H groups in total. The summed E-state index contributed by atoms with van der Waals surface area (Å²) in [7, 11) is 0. The number of halogens is 2. The highest BCUT2D eigenvalue weighted by Gasteiger charge is 2.08. The molecular formula is C12H7Cl2NOS. The van der Waals surface area contributed by atoms with Crippen LogP contribution in [0, 0.1) is 0 Å². The monoisotopic (exact) mass is 283 g/mol. The van der Waals surface area contributed by atoms with Crippen molar-refractivity contribution in [2.24, 2.45) is 0 Å². The average molecular weight is 284 g/mol. The number of aldehydes is 1. The van der Waals surface area contributed by atoms with E-state index in [9.17, 15) is 4.79 Å². The largest absolute Gasteiger partial charge is 0.298 e. The number of hydrogen-bond donors (Lipinski definition) is 0. The van der Waals surface area contributed by atoms with Gasteiger partial charge in [-0.05, 0) is 24.3 Å². The molecule has 5 heteroatoms. The van der Waals surface area contributed by atoms with Crippen molar-refractivity contribution in [2.75, 3.05) is 0 Å². The van der Waals surface area contributed by atoms with Crippen LogP contribution in [0.4, 0.5) is 0 Å². The smallest absolute Gasteiger partial charge is 0.152 e. The third-order valence-corrected chi connectivity index (χ3v) is 3.63. The maximum atomic E-state index is 11.0. The number of pyridine rings is 1. The summed E-state index contributed by atoms with van der Waals surface area (Å²) in [5, 5.41) is 1.79. The third-order valence-electron chi connectivity index (χ3n) is 2.05. The van der Waals surface area contributed by atoms with E-state index in [1.807, 2.05) is 6.07 Å². The normalized spacial score (nSPS) is 10.2. The molecular weight excluding hydrogens is 277 g/mol. The van der Waals surface area contributed by atoms with E-state index in [1.165, 1.54) is 11.8 Å². The molecule has 0 atom stereocenters. The van der Waals surface area contributed by atoms with Gasteiger partial charge in [0, 0.05) is 16.7 Å². The number of carbonyl (C=O) groups excluding carboxylic acids is 1. The first kappa shape index (κ1) is 12.4.